The first-order valence-corrected chi connectivity index (χ1v) is 13.3. The minimum Gasteiger partial charge on any atom is -0.461 e. The van der Waals surface area contributed by atoms with Gasteiger partial charge in [0.15, 0.2) is 10.9 Å². The molecule has 1 aromatic carbocycles. The molecule has 172 valence electrons. The molecule has 0 spiro atoms. The molecule has 6 rings (SSSR count). The zero-order chi connectivity index (χ0) is 22.9. The predicted octanol–water partition coefficient (Wildman–Crippen LogP) is 6.30. The van der Waals surface area contributed by atoms with Crippen molar-refractivity contribution >= 4 is 33.3 Å². The van der Waals surface area contributed by atoms with Gasteiger partial charge in [0.2, 0.25) is 5.82 Å². The summed E-state index contributed by atoms with van der Waals surface area (Å²) in [5.74, 6) is 2.64. The first-order chi connectivity index (χ1) is 16.8. The topological polar surface area (TPSA) is 89.6 Å². The zero-order valence-corrected chi connectivity index (χ0v) is 20.1. The van der Waals surface area contributed by atoms with Crippen molar-refractivity contribution in [1.29, 1.82) is 0 Å². The van der Waals surface area contributed by atoms with Crippen LogP contribution in [0, 0.1) is 0 Å². The van der Waals surface area contributed by atoms with E-state index in [1.807, 2.05) is 47.8 Å². The molecule has 1 fully saturated rings. The van der Waals surface area contributed by atoms with Crippen molar-refractivity contribution in [3.05, 3.63) is 70.3 Å². The monoisotopic (exact) mass is 489 g/mol. The average Bonchev–Trinajstić information content (AvgIpc) is 3.63. The second-order valence-corrected chi connectivity index (χ2v) is 10.2. The first kappa shape index (κ1) is 21.4. The number of aromatic nitrogens is 5. The van der Waals surface area contributed by atoms with Gasteiger partial charge < -0.3 is 9.40 Å². The van der Waals surface area contributed by atoms with Crippen LogP contribution in [0.3, 0.4) is 0 Å². The van der Waals surface area contributed by atoms with Crippen LogP contribution in [0.5, 0.6) is 0 Å². The maximum absolute atomic E-state index is 13.0. The lowest BCUT2D eigenvalue weighted by Gasteiger charge is -2.25. The molecule has 34 heavy (non-hydrogen) atoms. The molecule has 1 saturated carbocycles. The second-order valence-electron chi connectivity index (χ2n) is 8.44. The quantitative estimate of drug-likeness (QED) is 0.282. The summed E-state index contributed by atoms with van der Waals surface area (Å²) in [7, 11) is 0. The normalized spacial score (nSPS) is 14.7. The smallest absolute Gasteiger partial charge is 0.260 e. The average molecular weight is 490 g/mol. The fourth-order valence-electron chi connectivity index (χ4n) is 4.64. The van der Waals surface area contributed by atoms with Gasteiger partial charge in [-0.3, -0.25) is 9.36 Å². The molecule has 0 saturated heterocycles. The van der Waals surface area contributed by atoms with Crippen molar-refractivity contribution in [2.45, 2.75) is 49.1 Å². The van der Waals surface area contributed by atoms with Crippen molar-refractivity contribution in [3.8, 4) is 22.7 Å². The lowest BCUT2D eigenvalue weighted by molar-refractivity contribution is 0.337. The lowest BCUT2D eigenvalue weighted by Crippen LogP contribution is -2.15. The Hall–Kier alpha value is -3.17. The highest BCUT2D eigenvalue weighted by atomic mass is 32.2. The van der Waals surface area contributed by atoms with E-state index in [9.17, 15) is 4.79 Å². The van der Waals surface area contributed by atoms with Crippen LogP contribution < -0.4 is 5.56 Å². The fraction of sp³-hybridized carbons (Fsp3) is 0.280. The molecule has 9 heteroatoms. The number of aromatic amines is 1. The number of hydrogen-bond acceptors (Lipinski definition) is 7. The van der Waals surface area contributed by atoms with Crippen molar-refractivity contribution in [3.63, 3.8) is 0 Å². The number of benzene rings is 1. The second kappa shape index (κ2) is 9.23. The summed E-state index contributed by atoms with van der Waals surface area (Å²) in [4.78, 5) is 21.5. The van der Waals surface area contributed by atoms with Gasteiger partial charge in [0.1, 0.15) is 10.7 Å². The van der Waals surface area contributed by atoms with Gasteiger partial charge in [-0.25, -0.2) is 4.98 Å². The number of H-pyrrole nitrogens is 1. The molecule has 7 nitrogen and oxygen atoms in total. The van der Waals surface area contributed by atoms with Gasteiger partial charge in [0.25, 0.3) is 5.56 Å². The minimum absolute atomic E-state index is 0.106. The molecular formula is C25H23N5O2S2. The van der Waals surface area contributed by atoms with Gasteiger partial charge in [0.05, 0.1) is 17.4 Å². The van der Waals surface area contributed by atoms with Crippen LogP contribution in [0.1, 0.15) is 44.0 Å². The largest absolute Gasteiger partial charge is 0.461 e. The maximum Gasteiger partial charge on any atom is 0.260 e. The summed E-state index contributed by atoms with van der Waals surface area (Å²) in [5, 5.41) is 12.4. The molecular weight excluding hydrogens is 466 g/mol. The number of nitrogens with one attached hydrogen (secondary N) is 1. The molecule has 0 bridgehead atoms. The highest BCUT2D eigenvalue weighted by Crippen LogP contribution is 2.36. The maximum atomic E-state index is 13.0. The van der Waals surface area contributed by atoms with Gasteiger partial charge >= 0.3 is 0 Å². The van der Waals surface area contributed by atoms with E-state index in [1.54, 1.807) is 18.0 Å². The fourth-order valence-corrected chi connectivity index (χ4v) is 6.49. The number of nitrogens with zero attached hydrogens (tertiary/aromatic N) is 4. The summed E-state index contributed by atoms with van der Waals surface area (Å²) in [5.41, 5.74) is 1.84. The molecule has 0 radical (unpaired) electrons. The van der Waals surface area contributed by atoms with Gasteiger partial charge in [0, 0.05) is 17.0 Å². The van der Waals surface area contributed by atoms with Crippen LogP contribution in [0.25, 0.3) is 32.9 Å². The molecule has 0 aliphatic heterocycles. The SMILES string of the molecule is O=c1[nH]c(CSc2nnc(-c3ccco3)n2C2CCCCC2)nc2scc(-c3ccccc3)c12. The third-order valence-corrected chi connectivity index (χ3v) is 8.09. The van der Waals surface area contributed by atoms with E-state index in [1.165, 1.54) is 30.6 Å². The standard InChI is InChI=1S/C25H23N5O2S2/c31-23-21-18(16-8-3-1-4-9-16)14-33-24(21)27-20(26-23)15-34-25-29-28-22(19-12-7-13-32-19)30(25)17-10-5-2-6-11-17/h1,3-4,7-9,12-14,17H,2,5-6,10-11,15H2,(H,26,27,31). The Morgan fingerprint density at radius 3 is 2.74 bits per heavy atom. The van der Waals surface area contributed by atoms with Gasteiger partial charge in [-0.2, -0.15) is 0 Å². The molecule has 4 aromatic heterocycles. The van der Waals surface area contributed by atoms with Crippen molar-refractivity contribution in [1.82, 2.24) is 24.7 Å². The van der Waals surface area contributed by atoms with E-state index in [0.29, 0.717) is 23.0 Å². The molecule has 4 heterocycles. The van der Waals surface area contributed by atoms with Gasteiger partial charge in [-0.05, 0) is 30.5 Å². The number of fused-ring (bicyclic) bond motifs is 1. The summed E-state index contributed by atoms with van der Waals surface area (Å²) < 4.78 is 7.86. The van der Waals surface area contributed by atoms with E-state index >= 15 is 0 Å². The molecule has 1 aliphatic carbocycles. The molecule has 1 aliphatic rings. The predicted molar refractivity (Wildman–Crippen MR) is 135 cm³/mol. The number of thiophene rings is 1. The first-order valence-electron chi connectivity index (χ1n) is 11.5. The molecule has 5 aromatic rings. The molecule has 0 atom stereocenters. The van der Waals surface area contributed by atoms with Crippen molar-refractivity contribution < 1.29 is 4.42 Å². The minimum atomic E-state index is -0.106. The summed E-state index contributed by atoms with van der Waals surface area (Å²) >= 11 is 3.05. The van der Waals surface area contributed by atoms with Crippen molar-refractivity contribution in [2.75, 3.05) is 0 Å². The number of thioether (sulfide) groups is 1. The summed E-state index contributed by atoms with van der Waals surface area (Å²) in [6, 6.07) is 14.1. The number of furan rings is 1. The number of hydrogen-bond donors (Lipinski definition) is 1. The van der Waals surface area contributed by atoms with Gasteiger partial charge in [-0.1, -0.05) is 61.4 Å². The Morgan fingerprint density at radius 2 is 1.94 bits per heavy atom. The Kier molecular flexibility index (Phi) is 5.80. The van der Waals surface area contributed by atoms with Crippen LogP contribution in [0.4, 0.5) is 0 Å². The van der Waals surface area contributed by atoms with E-state index < -0.39 is 0 Å². The summed E-state index contributed by atoms with van der Waals surface area (Å²) in [6.45, 7) is 0. The van der Waals surface area contributed by atoms with Crippen LogP contribution in [-0.2, 0) is 5.75 Å². The third-order valence-electron chi connectivity index (χ3n) is 6.26. The molecule has 1 N–H and O–H groups in total. The van der Waals surface area contributed by atoms with Crippen molar-refractivity contribution in [2.24, 2.45) is 0 Å². The van der Waals surface area contributed by atoms with Crippen LogP contribution >= 0.6 is 23.1 Å². The van der Waals surface area contributed by atoms with Gasteiger partial charge in [-0.15, -0.1) is 21.5 Å². The summed E-state index contributed by atoms with van der Waals surface area (Å²) in [6.07, 6.45) is 7.57. The van der Waals surface area contributed by atoms with E-state index in [-0.39, 0.29) is 5.56 Å². The van der Waals surface area contributed by atoms with E-state index in [2.05, 4.69) is 19.7 Å². The Morgan fingerprint density at radius 1 is 1.09 bits per heavy atom. The Bertz CT molecular complexity index is 1460. The highest BCUT2D eigenvalue weighted by Gasteiger charge is 2.25. The highest BCUT2D eigenvalue weighted by molar-refractivity contribution is 7.98. The zero-order valence-electron chi connectivity index (χ0n) is 18.4. The Balaban J connectivity index is 1.30. The van der Waals surface area contributed by atoms with E-state index in [4.69, 9.17) is 9.40 Å². The third kappa shape index (κ3) is 3.99. The number of rotatable bonds is 6. The van der Waals surface area contributed by atoms with Crippen LogP contribution in [0.2, 0.25) is 0 Å². The Labute approximate surface area is 204 Å². The lowest BCUT2D eigenvalue weighted by atomic mass is 9.95. The van der Waals surface area contributed by atoms with E-state index in [0.717, 1.165) is 45.5 Å². The van der Waals surface area contributed by atoms with Crippen LogP contribution in [-0.4, -0.2) is 24.7 Å². The molecule has 0 unspecified atom stereocenters. The van der Waals surface area contributed by atoms with Crippen LogP contribution in [0.15, 0.2) is 68.5 Å². The molecule has 0 amide bonds.